The van der Waals surface area contributed by atoms with E-state index in [0.717, 1.165) is 44.3 Å². The predicted molar refractivity (Wildman–Crippen MR) is 126 cm³/mol. The Labute approximate surface area is 188 Å². The number of nitrogens with one attached hydrogen (secondary N) is 2. The van der Waals surface area contributed by atoms with Crippen molar-refractivity contribution in [2.24, 2.45) is 4.99 Å². The summed E-state index contributed by atoms with van der Waals surface area (Å²) in [6, 6.07) is 8.85. The van der Waals surface area contributed by atoms with Gasteiger partial charge in [-0.2, -0.15) is 0 Å². The number of aromatic nitrogens is 1. The quantitative estimate of drug-likeness (QED) is 0.324. The Hall–Kier alpha value is -2.10. The summed E-state index contributed by atoms with van der Waals surface area (Å²) in [7, 11) is 0. The molecule has 0 spiro atoms. The molecule has 0 bridgehead atoms. The summed E-state index contributed by atoms with van der Waals surface area (Å²) in [4.78, 5) is 11.4. The van der Waals surface area contributed by atoms with Crippen LogP contribution in [0, 0.1) is 12.7 Å². The number of hydrogen-bond donors (Lipinski definition) is 3. The van der Waals surface area contributed by atoms with Crippen molar-refractivity contribution in [1.29, 1.82) is 0 Å². The first kappa shape index (κ1) is 23.2. The molecule has 29 heavy (non-hydrogen) atoms. The van der Waals surface area contributed by atoms with Crippen molar-refractivity contribution in [3.63, 3.8) is 0 Å². The minimum atomic E-state index is -0.622. The van der Waals surface area contributed by atoms with Crippen molar-refractivity contribution >= 4 is 35.8 Å². The van der Waals surface area contributed by atoms with Gasteiger partial charge in [0.2, 0.25) is 0 Å². The van der Waals surface area contributed by atoms with Crippen LogP contribution in [0.2, 0.25) is 0 Å². The number of phenolic OH excluding ortho intramolecular Hbond substituents is 1. The van der Waals surface area contributed by atoms with Crippen LogP contribution in [0.1, 0.15) is 30.9 Å². The minimum absolute atomic E-state index is 0. The van der Waals surface area contributed by atoms with E-state index in [9.17, 15) is 9.50 Å². The van der Waals surface area contributed by atoms with Crippen LogP contribution in [0.4, 0.5) is 10.2 Å². The number of hydrogen-bond acceptors (Lipinski definition) is 4. The highest BCUT2D eigenvalue weighted by Crippen LogP contribution is 2.19. The molecular formula is C21H29FIN5O. The number of phenols is 1. The van der Waals surface area contributed by atoms with Gasteiger partial charge in [-0.05, 0) is 56.0 Å². The van der Waals surface area contributed by atoms with Crippen LogP contribution < -0.4 is 15.5 Å². The summed E-state index contributed by atoms with van der Waals surface area (Å²) < 4.78 is 13.5. The number of anilines is 1. The number of guanidine groups is 1. The van der Waals surface area contributed by atoms with Crippen molar-refractivity contribution in [2.45, 2.75) is 39.3 Å². The Morgan fingerprint density at radius 2 is 2.03 bits per heavy atom. The van der Waals surface area contributed by atoms with E-state index < -0.39 is 5.82 Å². The summed E-state index contributed by atoms with van der Waals surface area (Å²) in [5, 5.41) is 16.0. The normalized spacial score (nSPS) is 15.0. The van der Waals surface area contributed by atoms with Crippen molar-refractivity contribution in [3.8, 4) is 5.75 Å². The van der Waals surface area contributed by atoms with Gasteiger partial charge in [-0.25, -0.2) is 14.4 Å². The molecule has 2 heterocycles. The number of aromatic hydroxyl groups is 1. The van der Waals surface area contributed by atoms with E-state index in [0.29, 0.717) is 18.2 Å². The molecule has 2 aromatic rings. The first-order valence-corrected chi connectivity index (χ1v) is 9.75. The van der Waals surface area contributed by atoms with E-state index in [1.165, 1.54) is 17.7 Å². The third-order valence-electron chi connectivity index (χ3n) is 4.83. The predicted octanol–water partition coefficient (Wildman–Crippen LogP) is 3.58. The van der Waals surface area contributed by atoms with E-state index in [1.54, 1.807) is 6.07 Å². The Kier molecular flexibility index (Phi) is 8.94. The molecule has 0 saturated carbocycles. The molecule has 0 amide bonds. The zero-order valence-corrected chi connectivity index (χ0v) is 19.2. The van der Waals surface area contributed by atoms with Gasteiger partial charge in [0.25, 0.3) is 0 Å². The second-order valence-electron chi connectivity index (χ2n) is 7.08. The fraction of sp³-hybridized carbons (Fsp3) is 0.429. The maximum atomic E-state index is 13.5. The smallest absolute Gasteiger partial charge is 0.191 e. The van der Waals surface area contributed by atoms with Crippen molar-refractivity contribution in [3.05, 3.63) is 53.5 Å². The lowest BCUT2D eigenvalue weighted by molar-refractivity contribution is 0.432. The van der Waals surface area contributed by atoms with Gasteiger partial charge < -0.3 is 20.6 Å². The van der Waals surface area contributed by atoms with Crippen LogP contribution in [0.15, 0.2) is 41.5 Å². The lowest BCUT2D eigenvalue weighted by Crippen LogP contribution is -2.48. The fourth-order valence-corrected chi connectivity index (χ4v) is 3.23. The number of aliphatic imine (C=N–C) groups is 1. The van der Waals surface area contributed by atoms with Crippen molar-refractivity contribution < 1.29 is 9.50 Å². The highest BCUT2D eigenvalue weighted by Gasteiger charge is 2.20. The van der Waals surface area contributed by atoms with Crippen molar-refractivity contribution in [2.75, 3.05) is 24.5 Å². The van der Waals surface area contributed by atoms with Gasteiger partial charge >= 0.3 is 0 Å². The lowest BCUT2D eigenvalue weighted by atomic mass is 10.1. The molecular weight excluding hydrogens is 484 g/mol. The van der Waals surface area contributed by atoms with Crippen LogP contribution in [0.5, 0.6) is 5.75 Å². The van der Waals surface area contributed by atoms with E-state index in [1.807, 2.05) is 20.0 Å². The van der Waals surface area contributed by atoms with E-state index in [4.69, 9.17) is 0 Å². The highest BCUT2D eigenvalue weighted by atomic mass is 127. The van der Waals surface area contributed by atoms with E-state index >= 15 is 0 Å². The molecule has 1 aromatic carbocycles. The van der Waals surface area contributed by atoms with Gasteiger partial charge in [0.1, 0.15) is 5.82 Å². The largest absolute Gasteiger partial charge is 0.505 e. The molecule has 6 nitrogen and oxygen atoms in total. The monoisotopic (exact) mass is 513 g/mol. The van der Waals surface area contributed by atoms with E-state index in [2.05, 4.69) is 37.6 Å². The summed E-state index contributed by atoms with van der Waals surface area (Å²) in [5.74, 6) is 0.789. The number of nitrogens with zero attached hydrogens (tertiary/aromatic N) is 3. The van der Waals surface area contributed by atoms with Gasteiger partial charge in [-0.15, -0.1) is 24.0 Å². The summed E-state index contributed by atoms with van der Waals surface area (Å²) in [6.45, 7) is 7.04. The number of piperidine rings is 1. The SMILES string of the molecule is CCNC(=NCc1ccc(O)c(F)c1)NC1CCN(c2ccc(C)cn2)CC1.I. The maximum Gasteiger partial charge on any atom is 0.191 e. The summed E-state index contributed by atoms with van der Waals surface area (Å²) in [6.07, 6.45) is 3.89. The Morgan fingerprint density at radius 3 is 2.66 bits per heavy atom. The van der Waals surface area contributed by atoms with Crippen LogP contribution in [0.3, 0.4) is 0 Å². The molecule has 3 N–H and O–H groups in total. The summed E-state index contributed by atoms with van der Waals surface area (Å²) in [5.41, 5.74) is 1.88. The van der Waals surface area contributed by atoms with Crippen LogP contribution in [-0.4, -0.2) is 41.7 Å². The molecule has 1 aliphatic rings. The Morgan fingerprint density at radius 1 is 1.28 bits per heavy atom. The minimum Gasteiger partial charge on any atom is -0.505 e. The number of halogens is 2. The van der Waals surface area contributed by atoms with Crippen LogP contribution in [-0.2, 0) is 6.54 Å². The molecule has 1 fully saturated rings. The summed E-state index contributed by atoms with van der Waals surface area (Å²) >= 11 is 0. The molecule has 0 radical (unpaired) electrons. The first-order chi connectivity index (χ1) is 13.5. The Balaban J connectivity index is 0.00000300. The van der Waals surface area contributed by atoms with Gasteiger partial charge in [0.05, 0.1) is 6.54 Å². The maximum absolute atomic E-state index is 13.5. The number of benzene rings is 1. The number of aryl methyl sites for hydroxylation is 1. The average molecular weight is 513 g/mol. The molecule has 0 unspecified atom stereocenters. The second-order valence-corrected chi connectivity index (χ2v) is 7.08. The Bertz CT molecular complexity index is 807. The fourth-order valence-electron chi connectivity index (χ4n) is 3.23. The molecule has 0 atom stereocenters. The molecule has 158 valence electrons. The zero-order chi connectivity index (χ0) is 19.9. The topological polar surface area (TPSA) is 72.8 Å². The second kappa shape index (κ2) is 11.2. The third kappa shape index (κ3) is 6.73. The molecule has 3 rings (SSSR count). The molecule has 0 aliphatic carbocycles. The number of pyridine rings is 1. The van der Waals surface area contributed by atoms with E-state index in [-0.39, 0.29) is 29.7 Å². The molecule has 1 saturated heterocycles. The van der Waals surface area contributed by atoms with Crippen molar-refractivity contribution in [1.82, 2.24) is 15.6 Å². The average Bonchev–Trinajstić information content (AvgIpc) is 2.70. The van der Waals surface area contributed by atoms with Crippen LogP contribution >= 0.6 is 24.0 Å². The molecule has 8 heteroatoms. The standard InChI is InChI=1S/C21H28FN5O.HI/c1-3-23-21(25-14-16-5-6-19(28)18(22)12-16)26-17-8-10-27(11-9-17)20-7-4-15(2)13-24-20;/h4-7,12-13,17,28H,3,8-11,14H2,1-2H3,(H2,23,25,26);1H. The third-order valence-corrected chi connectivity index (χ3v) is 4.83. The van der Waals surface area contributed by atoms with Gasteiger partial charge in [0, 0.05) is 31.9 Å². The van der Waals surface area contributed by atoms with Gasteiger partial charge in [-0.3, -0.25) is 0 Å². The zero-order valence-electron chi connectivity index (χ0n) is 16.9. The lowest BCUT2D eigenvalue weighted by Gasteiger charge is -2.33. The molecule has 1 aromatic heterocycles. The highest BCUT2D eigenvalue weighted by molar-refractivity contribution is 14.0. The van der Waals surface area contributed by atoms with Crippen LogP contribution in [0.25, 0.3) is 0 Å². The first-order valence-electron chi connectivity index (χ1n) is 9.75. The van der Waals surface area contributed by atoms with Gasteiger partial charge in [0.15, 0.2) is 17.5 Å². The van der Waals surface area contributed by atoms with Gasteiger partial charge in [-0.1, -0.05) is 12.1 Å². The molecule has 1 aliphatic heterocycles. The number of rotatable bonds is 5.